The molecule has 0 spiro atoms. The number of carbonyl (C=O) groups is 2. The van der Waals surface area contributed by atoms with Gasteiger partial charge in [0.05, 0.1) is 13.2 Å². The highest BCUT2D eigenvalue weighted by molar-refractivity contribution is 7.13. The molecular formula is C15H13FN2O4S. The van der Waals surface area contributed by atoms with E-state index in [0.29, 0.717) is 17.2 Å². The number of halogens is 1. The first-order chi connectivity index (χ1) is 11.1. The molecular weight excluding hydrogens is 323 g/mol. The predicted molar refractivity (Wildman–Crippen MR) is 80.8 cm³/mol. The summed E-state index contributed by atoms with van der Waals surface area (Å²) >= 11 is 1.25. The van der Waals surface area contributed by atoms with Crippen molar-refractivity contribution in [3.63, 3.8) is 0 Å². The Morgan fingerprint density at radius 1 is 1.35 bits per heavy atom. The van der Waals surface area contributed by atoms with Gasteiger partial charge in [0.1, 0.15) is 16.5 Å². The SMILES string of the molecule is O=C(O)C1COCCN1C(=O)c1csc(-c2ccc(F)cc2)n1. The molecule has 1 N–H and O–H groups in total. The van der Waals surface area contributed by atoms with Crippen molar-refractivity contribution in [3.05, 3.63) is 41.2 Å². The van der Waals surface area contributed by atoms with Gasteiger partial charge in [-0.1, -0.05) is 0 Å². The van der Waals surface area contributed by atoms with Gasteiger partial charge < -0.3 is 14.7 Å². The van der Waals surface area contributed by atoms with E-state index in [2.05, 4.69) is 4.98 Å². The maximum atomic E-state index is 13.0. The molecule has 120 valence electrons. The molecule has 23 heavy (non-hydrogen) atoms. The van der Waals surface area contributed by atoms with Crippen molar-refractivity contribution >= 4 is 23.2 Å². The van der Waals surface area contributed by atoms with Crippen molar-refractivity contribution in [2.75, 3.05) is 19.8 Å². The molecule has 1 aliphatic rings. The van der Waals surface area contributed by atoms with Crippen molar-refractivity contribution in [1.82, 2.24) is 9.88 Å². The van der Waals surface area contributed by atoms with E-state index in [1.54, 1.807) is 17.5 Å². The molecule has 1 aromatic carbocycles. The Kier molecular flexibility index (Phi) is 4.35. The molecule has 1 fully saturated rings. The number of nitrogens with zero attached hydrogens (tertiary/aromatic N) is 2. The van der Waals surface area contributed by atoms with Crippen LogP contribution in [0.5, 0.6) is 0 Å². The first-order valence-electron chi connectivity index (χ1n) is 6.89. The van der Waals surface area contributed by atoms with Crippen LogP contribution in [0.15, 0.2) is 29.6 Å². The molecule has 2 aromatic rings. The molecule has 1 unspecified atom stereocenters. The van der Waals surface area contributed by atoms with E-state index in [9.17, 15) is 19.1 Å². The molecule has 6 nitrogen and oxygen atoms in total. The topological polar surface area (TPSA) is 79.7 Å². The third-order valence-corrected chi connectivity index (χ3v) is 4.38. The number of carboxylic acid groups (broad SMARTS) is 1. The third-order valence-electron chi connectivity index (χ3n) is 3.49. The van der Waals surface area contributed by atoms with Crippen LogP contribution >= 0.6 is 11.3 Å². The van der Waals surface area contributed by atoms with Crippen molar-refractivity contribution in [1.29, 1.82) is 0 Å². The van der Waals surface area contributed by atoms with E-state index in [0.717, 1.165) is 0 Å². The number of thiazole rings is 1. The Balaban J connectivity index is 1.83. The van der Waals surface area contributed by atoms with Gasteiger partial charge in [0.25, 0.3) is 5.91 Å². The largest absolute Gasteiger partial charge is 0.480 e. The van der Waals surface area contributed by atoms with Gasteiger partial charge in [0.15, 0.2) is 6.04 Å². The Morgan fingerprint density at radius 2 is 2.09 bits per heavy atom. The maximum absolute atomic E-state index is 13.0. The second-order valence-electron chi connectivity index (χ2n) is 4.97. The summed E-state index contributed by atoms with van der Waals surface area (Å²) < 4.78 is 18.1. The standard InChI is InChI=1S/C15H13FN2O4S/c16-10-3-1-9(2-4-10)13-17-11(8-23-13)14(19)18-5-6-22-7-12(18)15(20)21/h1-4,8,12H,5-7H2,(H,20,21). The van der Waals surface area contributed by atoms with Gasteiger partial charge in [0.2, 0.25) is 0 Å². The molecule has 1 aliphatic heterocycles. The summed E-state index contributed by atoms with van der Waals surface area (Å²) in [5.74, 6) is -1.89. The number of carboxylic acids is 1. The van der Waals surface area contributed by atoms with Crippen LogP contribution in [0.4, 0.5) is 4.39 Å². The fourth-order valence-corrected chi connectivity index (χ4v) is 3.10. The number of ether oxygens (including phenoxy) is 1. The van der Waals surface area contributed by atoms with Crippen LogP contribution in [-0.2, 0) is 9.53 Å². The van der Waals surface area contributed by atoms with Gasteiger partial charge >= 0.3 is 5.97 Å². The lowest BCUT2D eigenvalue weighted by Gasteiger charge is -2.32. The van der Waals surface area contributed by atoms with Crippen LogP contribution in [0, 0.1) is 5.82 Å². The van der Waals surface area contributed by atoms with Gasteiger partial charge in [-0.3, -0.25) is 4.79 Å². The third kappa shape index (κ3) is 3.22. The smallest absolute Gasteiger partial charge is 0.328 e. The minimum atomic E-state index is -1.10. The van der Waals surface area contributed by atoms with Crippen LogP contribution in [0.25, 0.3) is 10.6 Å². The number of amides is 1. The molecule has 3 rings (SSSR count). The highest BCUT2D eigenvalue weighted by atomic mass is 32.1. The maximum Gasteiger partial charge on any atom is 0.328 e. The Labute approximate surface area is 135 Å². The molecule has 1 aromatic heterocycles. The van der Waals surface area contributed by atoms with Crippen molar-refractivity contribution in [2.24, 2.45) is 0 Å². The summed E-state index contributed by atoms with van der Waals surface area (Å²) in [5.41, 5.74) is 0.884. The average Bonchev–Trinajstić information content (AvgIpc) is 3.04. The van der Waals surface area contributed by atoms with E-state index in [1.807, 2.05) is 0 Å². The molecule has 0 radical (unpaired) electrons. The molecule has 0 bridgehead atoms. The number of benzene rings is 1. The summed E-state index contributed by atoms with van der Waals surface area (Å²) in [4.78, 5) is 29.2. The first-order valence-corrected chi connectivity index (χ1v) is 7.77. The second-order valence-corrected chi connectivity index (χ2v) is 5.83. The monoisotopic (exact) mass is 336 g/mol. The van der Waals surface area contributed by atoms with Crippen LogP contribution < -0.4 is 0 Å². The van der Waals surface area contributed by atoms with Crippen molar-refractivity contribution < 1.29 is 23.8 Å². The number of hydrogen-bond acceptors (Lipinski definition) is 5. The molecule has 2 heterocycles. The number of aromatic nitrogens is 1. The van der Waals surface area contributed by atoms with Gasteiger partial charge in [-0.15, -0.1) is 11.3 Å². The minimum absolute atomic E-state index is 0.0317. The zero-order valence-corrected chi connectivity index (χ0v) is 12.8. The summed E-state index contributed by atoms with van der Waals surface area (Å²) in [5, 5.41) is 11.3. The lowest BCUT2D eigenvalue weighted by Crippen LogP contribution is -2.52. The Morgan fingerprint density at radius 3 is 2.78 bits per heavy atom. The fraction of sp³-hybridized carbons (Fsp3) is 0.267. The van der Waals surface area contributed by atoms with Crippen LogP contribution in [0.3, 0.4) is 0 Å². The quantitative estimate of drug-likeness (QED) is 0.926. The zero-order valence-electron chi connectivity index (χ0n) is 11.9. The summed E-state index contributed by atoms with van der Waals surface area (Å²) in [6, 6.07) is 4.79. The Hall–Kier alpha value is -2.32. The molecule has 1 atom stereocenters. The van der Waals surface area contributed by atoms with Crippen molar-refractivity contribution in [3.8, 4) is 10.6 Å². The highest BCUT2D eigenvalue weighted by Gasteiger charge is 2.34. The van der Waals surface area contributed by atoms with Gasteiger partial charge in [-0.25, -0.2) is 14.2 Å². The number of rotatable bonds is 3. The van der Waals surface area contributed by atoms with E-state index in [1.165, 1.54) is 28.4 Å². The van der Waals surface area contributed by atoms with Gasteiger partial charge in [-0.2, -0.15) is 0 Å². The summed E-state index contributed by atoms with van der Waals surface area (Å²) in [6.07, 6.45) is 0. The minimum Gasteiger partial charge on any atom is -0.480 e. The molecule has 1 amide bonds. The highest BCUT2D eigenvalue weighted by Crippen LogP contribution is 2.25. The van der Waals surface area contributed by atoms with E-state index in [4.69, 9.17) is 4.74 Å². The number of morpholine rings is 1. The zero-order chi connectivity index (χ0) is 16.4. The lowest BCUT2D eigenvalue weighted by atomic mass is 10.2. The molecule has 0 aliphatic carbocycles. The lowest BCUT2D eigenvalue weighted by molar-refractivity contribution is -0.147. The average molecular weight is 336 g/mol. The molecule has 0 saturated carbocycles. The van der Waals surface area contributed by atoms with Crippen molar-refractivity contribution in [2.45, 2.75) is 6.04 Å². The van der Waals surface area contributed by atoms with Crippen LogP contribution in [0.1, 0.15) is 10.5 Å². The van der Waals surface area contributed by atoms with Crippen LogP contribution in [-0.4, -0.2) is 52.7 Å². The van der Waals surface area contributed by atoms with Gasteiger partial charge in [-0.05, 0) is 24.3 Å². The molecule has 1 saturated heterocycles. The fourth-order valence-electron chi connectivity index (χ4n) is 2.30. The Bertz CT molecular complexity index is 731. The second kappa shape index (κ2) is 6.43. The normalized spacial score (nSPS) is 18.0. The number of carbonyl (C=O) groups excluding carboxylic acids is 1. The predicted octanol–water partition coefficient (Wildman–Crippen LogP) is 1.87. The number of aliphatic carboxylic acids is 1. The first kappa shape index (κ1) is 15.6. The molecule has 8 heteroatoms. The summed E-state index contributed by atoms with van der Waals surface area (Å²) in [6.45, 7) is 0.472. The summed E-state index contributed by atoms with van der Waals surface area (Å²) in [7, 11) is 0. The van der Waals surface area contributed by atoms with Crippen LogP contribution in [0.2, 0.25) is 0 Å². The van der Waals surface area contributed by atoms with E-state index >= 15 is 0 Å². The van der Waals surface area contributed by atoms with Gasteiger partial charge in [0, 0.05) is 17.5 Å². The van der Waals surface area contributed by atoms with E-state index < -0.39 is 17.9 Å². The van der Waals surface area contributed by atoms with E-state index in [-0.39, 0.29) is 24.7 Å². The number of hydrogen-bond donors (Lipinski definition) is 1.